The molecule has 0 atom stereocenters. The van der Waals surface area contributed by atoms with Crippen LogP contribution in [0.3, 0.4) is 0 Å². The highest BCUT2D eigenvalue weighted by Crippen LogP contribution is 2.26. The van der Waals surface area contributed by atoms with Crippen molar-refractivity contribution >= 4 is 22.6 Å². The molecule has 0 unspecified atom stereocenters. The molecule has 1 aliphatic rings. The number of halogens is 1. The van der Waals surface area contributed by atoms with Crippen LogP contribution in [-0.4, -0.2) is 16.4 Å². The zero-order chi connectivity index (χ0) is 12.5. The summed E-state index contributed by atoms with van der Waals surface area (Å²) in [4.78, 5) is 0. The van der Waals surface area contributed by atoms with Gasteiger partial charge in [0.15, 0.2) is 0 Å². The van der Waals surface area contributed by atoms with Gasteiger partial charge in [-0.2, -0.15) is 5.10 Å². The number of aromatic nitrogens is 2. The summed E-state index contributed by atoms with van der Waals surface area (Å²) in [5.74, 6) is 1.06. The van der Waals surface area contributed by atoms with Crippen LogP contribution in [0.5, 0.6) is 5.75 Å². The molecule has 0 aliphatic carbocycles. The van der Waals surface area contributed by atoms with Gasteiger partial charge < -0.3 is 4.74 Å². The van der Waals surface area contributed by atoms with Crippen LogP contribution in [0.1, 0.15) is 16.7 Å². The molecule has 0 N–H and O–H groups in total. The van der Waals surface area contributed by atoms with E-state index in [4.69, 9.17) is 4.74 Å². The first kappa shape index (κ1) is 12.0. The van der Waals surface area contributed by atoms with Crippen molar-refractivity contribution in [3.8, 4) is 5.75 Å². The Balaban J connectivity index is 1.70. The molecule has 2 heterocycles. The van der Waals surface area contributed by atoms with Crippen LogP contribution in [0, 0.1) is 10.6 Å². The predicted molar refractivity (Wildman–Crippen MR) is 79.0 cm³/mol. The fraction of sp³-hybridized carbons (Fsp3) is 0.357. The number of hydrogen-bond donors (Lipinski definition) is 0. The summed E-state index contributed by atoms with van der Waals surface area (Å²) in [6.45, 7) is 3.86. The Morgan fingerprint density at radius 2 is 2.33 bits per heavy atom. The van der Waals surface area contributed by atoms with Crippen LogP contribution in [0.2, 0.25) is 0 Å². The zero-order valence-corrected chi connectivity index (χ0v) is 12.5. The summed E-state index contributed by atoms with van der Waals surface area (Å²) in [5.41, 5.74) is 3.96. The van der Waals surface area contributed by atoms with E-state index in [1.54, 1.807) is 0 Å². The van der Waals surface area contributed by atoms with Gasteiger partial charge in [-0.1, -0.05) is 12.1 Å². The third kappa shape index (κ3) is 2.39. The number of ether oxygens (including phenoxy) is 1. The molecule has 0 saturated heterocycles. The van der Waals surface area contributed by atoms with Crippen LogP contribution in [0.25, 0.3) is 0 Å². The largest absolute Gasteiger partial charge is 0.493 e. The Morgan fingerprint density at radius 3 is 3.11 bits per heavy atom. The molecule has 0 radical (unpaired) electrons. The molecule has 2 aromatic rings. The quantitative estimate of drug-likeness (QED) is 0.793. The normalized spacial score (nSPS) is 13.4. The standard InChI is InChI=1S/C14H15IN2O/c1-10-9-17(16-14(10)15)6-4-11-2-3-13-12(8-11)5-7-18-13/h2-3,8-9H,4-7H2,1H3. The van der Waals surface area contributed by atoms with E-state index >= 15 is 0 Å². The second-order valence-corrected chi connectivity index (χ2v) is 5.68. The minimum Gasteiger partial charge on any atom is -0.493 e. The van der Waals surface area contributed by atoms with Crippen molar-refractivity contribution in [2.45, 2.75) is 26.3 Å². The number of aryl methyl sites for hydroxylation is 3. The summed E-state index contributed by atoms with van der Waals surface area (Å²) < 4.78 is 8.64. The fourth-order valence-corrected chi connectivity index (χ4v) is 2.67. The van der Waals surface area contributed by atoms with E-state index in [9.17, 15) is 0 Å². The lowest BCUT2D eigenvalue weighted by atomic mass is 10.1. The van der Waals surface area contributed by atoms with E-state index < -0.39 is 0 Å². The number of hydrogen-bond acceptors (Lipinski definition) is 2. The van der Waals surface area contributed by atoms with Gasteiger partial charge in [0, 0.05) is 24.7 Å². The monoisotopic (exact) mass is 354 g/mol. The SMILES string of the molecule is Cc1cn(CCc2ccc3c(c2)CCO3)nc1I. The molecule has 4 heteroatoms. The topological polar surface area (TPSA) is 27.1 Å². The average molecular weight is 354 g/mol. The number of rotatable bonds is 3. The van der Waals surface area contributed by atoms with Gasteiger partial charge in [-0.25, -0.2) is 0 Å². The molecule has 0 fully saturated rings. The first-order valence-electron chi connectivity index (χ1n) is 6.16. The smallest absolute Gasteiger partial charge is 0.126 e. The summed E-state index contributed by atoms with van der Waals surface area (Å²) in [5, 5.41) is 4.48. The van der Waals surface area contributed by atoms with Crippen LogP contribution in [-0.2, 0) is 19.4 Å². The molecule has 0 amide bonds. The Bertz CT molecular complexity index is 558. The summed E-state index contributed by atoms with van der Waals surface area (Å²) in [6, 6.07) is 6.52. The summed E-state index contributed by atoms with van der Waals surface area (Å²) in [7, 11) is 0. The van der Waals surface area contributed by atoms with Crippen molar-refractivity contribution in [2.24, 2.45) is 0 Å². The first-order valence-corrected chi connectivity index (χ1v) is 7.24. The maximum atomic E-state index is 5.52. The highest BCUT2D eigenvalue weighted by Gasteiger charge is 2.11. The summed E-state index contributed by atoms with van der Waals surface area (Å²) >= 11 is 2.27. The van der Waals surface area contributed by atoms with Crippen molar-refractivity contribution < 1.29 is 4.74 Å². The Labute approximate surface area is 120 Å². The maximum Gasteiger partial charge on any atom is 0.126 e. The van der Waals surface area contributed by atoms with E-state index in [-0.39, 0.29) is 0 Å². The van der Waals surface area contributed by atoms with E-state index in [0.717, 1.165) is 35.4 Å². The maximum absolute atomic E-state index is 5.52. The number of fused-ring (bicyclic) bond motifs is 1. The molecule has 94 valence electrons. The molecule has 0 spiro atoms. The molecular formula is C14H15IN2O. The molecule has 3 nitrogen and oxygen atoms in total. The van der Waals surface area contributed by atoms with Gasteiger partial charge in [0.2, 0.25) is 0 Å². The zero-order valence-electron chi connectivity index (χ0n) is 10.3. The predicted octanol–water partition coefficient (Wildman–Crippen LogP) is 2.97. The Kier molecular flexibility index (Phi) is 3.28. The molecule has 0 bridgehead atoms. The number of benzene rings is 1. The second kappa shape index (κ2) is 4.91. The van der Waals surface area contributed by atoms with Crippen LogP contribution < -0.4 is 4.74 Å². The van der Waals surface area contributed by atoms with Crippen LogP contribution in [0.15, 0.2) is 24.4 Å². The van der Waals surface area contributed by atoms with Crippen molar-refractivity contribution in [3.05, 3.63) is 44.8 Å². The molecule has 1 aromatic carbocycles. The Hall–Kier alpha value is -1.04. The third-order valence-corrected chi connectivity index (χ3v) is 4.33. The van der Waals surface area contributed by atoms with E-state index in [0.29, 0.717) is 0 Å². The van der Waals surface area contributed by atoms with Crippen molar-refractivity contribution in [1.82, 2.24) is 9.78 Å². The van der Waals surface area contributed by atoms with Gasteiger partial charge in [0.05, 0.1) is 6.61 Å². The van der Waals surface area contributed by atoms with Gasteiger partial charge in [-0.15, -0.1) is 0 Å². The lowest BCUT2D eigenvalue weighted by molar-refractivity contribution is 0.357. The van der Waals surface area contributed by atoms with Gasteiger partial charge in [-0.05, 0) is 53.1 Å². The summed E-state index contributed by atoms with van der Waals surface area (Å²) in [6.07, 6.45) is 4.17. The Morgan fingerprint density at radius 1 is 1.44 bits per heavy atom. The van der Waals surface area contributed by atoms with Crippen LogP contribution >= 0.6 is 22.6 Å². The molecule has 18 heavy (non-hydrogen) atoms. The minimum absolute atomic E-state index is 0.829. The van der Waals surface area contributed by atoms with E-state index in [2.05, 4.69) is 59.0 Å². The number of nitrogens with zero attached hydrogens (tertiary/aromatic N) is 2. The van der Waals surface area contributed by atoms with Crippen molar-refractivity contribution in [1.29, 1.82) is 0 Å². The van der Waals surface area contributed by atoms with Crippen molar-refractivity contribution in [3.63, 3.8) is 0 Å². The third-order valence-electron chi connectivity index (χ3n) is 3.27. The van der Waals surface area contributed by atoms with E-state index in [1.165, 1.54) is 16.7 Å². The lowest BCUT2D eigenvalue weighted by Gasteiger charge is -2.04. The second-order valence-electron chi connectivity index (χ2n) is 4.66. The van der Waals surface area contributed by atoms with E-state index in [1.807, 2.05) is 4.68 Å². The molecule has 1 aromatic heterocycles. The van der Waals surface area contributed by atoms with Gasteiger partial charge in [0.25, 0.3) is 0 Å². The molecule has 0 saturated carbocycles. The van der Waals surface area contributed by atoms with Gasteiger partial charge in [-0.3, -0.25) is 4.68 Å². The molecule has 3 rings (SSSR count). The van der Waals surface area contributed by atoms with Crippen LogP contribution in [0.4, 0.5) is 0 Å². The molecule has 1 aliphatic heterocycles. The van der Waals surface area contributed by atoms with Crippen molar-refractivity contribution in [2.75, 3.05) is 6.61 Å². The minimum atomic E-state index is 0.829. The average Bonchev–Trinajstić information content (AvgIpc) is 2.94. The molecular weight excluding hydrogens is 339 g/mol. The van der Waals surface area contributed by atoms with Gasteiger partial charge in [0.1, 0.15) is 9.45 Å². The highest BCUT2D eigenvalue weighted by molar-refractivity contribution is 14.1. The lowest BCUT2D eigenvalue weighted by Crippen LogP contribution is -2.02. The first-order chi connectivity index (χ1) is 8.72. The highest BCUT2D eigenvalue weighted by atomic mass is 127. The van der Waals surface area contributed by atoms with Gasteiger partial charge >= 0.3 is 0 Å². The fourth-order valence-electron chi connectivity index (χ4n) is 2.25.